The van der Waals surface area contributed by atoms with Gasteiger partial charge >= 0.3 is 0 Å². The van der Waals surface area contributed by atoms with Crippen LogP contribution in [0, 0.1) is 0 Å². The first-order valence-electron chi connectivity index (χ1n) is 4.62. The van der Waals surface area contributed by atoms with E-state index in [1.807, 2.05) is 0 Å². The fraction of sp³-hybridized carbons (Fsp3) is 0.0769. The van der Waals surface area contributed by atoms with E-state index in [1.165, 1.54) is 21.9 Å². The van der Waals surface area contributed by atoms with Crippen LogP contribution in [0.1, 0.15) is 11.1 Å². The molecule has 1 heteroatoms. The smallest absolute Gasteiger partial charge is 0 e. The number of allylic oxidation sites excluding steroid dienone is 1. The van der Waals surface area contributed by atoms with Crippen molar-refractivity contribution in [2.24, 2.45) is 0 Å². The molecule has 2 aromatic carbocycles. The summed E-state index contributed by atoms with van der Waals surface area (Å²) in [6.07, 6.45) is 5.53. The van der Waals surface area contributed by atoms with Gasteiger partial charge in [-0.15, -0.1) is 0 Å². The van der Waals surface area contributed by atoms with Gasteiger partial charge in [0.05, 0.1) is 0 Å². The Hall–Kier alpha value is -1.50. The van der Waals surface area contributed by atoms with Crippen molar-refractivity contribution in [3.8, 4) is 0 Å². The van der Waals surface area contributed by atoms with Gasteiger partial charge in [-0.1, -0.05) is 48.6 Å². The standard InChI is InChI=1S/C13H10.B/c1-4-10-6-2-8-12-9-3-7-11(5-1)13(10)12;/h1-8H,9H2;. The minimum Gasteiger partial charge on any atom is -0.0795 e. The van der Waals surface area contributed by atoms with Crippen LogP contribution in [0.3, 0.4) is 0 Å². The molecule has 0 aromatic heterocycles. The third-order valence-electron chi connectivity index (χ3n) is 2.66. The largest absolute Gasteiger partial charge is 0.0795 e. The molecule has 0 bridgehead atoms. The lowest BCUT2D eigenvalue weighted by atomic mass is 9.93. The van der Waals surface area contributed by atoms with Crippen LogP contribution in [-0.4, -0.2) is 8.41 Å². The Morgan fingerprint density at radius 3 is 2.57 bits per heavy atom. The van der Waals surface area contributed by atoms with E-state index < -0.39 is 0 Å². The minimum absolute atomic E-state index is 0. The summed E-state index contributed by atoms with van der Waals surface area (Å²) < 4.78 is 0. The second-order valence-electron chi connectivity index (χ2n) is 3.47. The molecule has 14 heavy (non-hydrogen) atoms. The van der Waals surface area contributed by atoms with E-state index in [9.17, 15) is 0 Å². The van der Waals surface area contributed by atoms with Gasteiger partial charge in [-0.05, 0) is 28.3 Å². The third-order valence-corrected chi connectivity index (χ3v) is 2.66. The summed E-state index contributed by atoms with van der Waals surface area (Å²) in [4.78, 5) is 0. The van der Waals surface area contributed by atoms with Crippen LogP contribution in [0.4, 0.5) is 0 Å². The van der Waals surface area contributed by atoms with Crippen LogP contribution in [0.15, 0.2) is 42.5 Å². The molecule has 0 fully saturated rings. The minimum atomic E-state index is 0. The Labute approximate surface area is 85.8 Å². The van der Waals surface area contributed by atoms with E-state index in [2.05, 4.69) is 48.6 Å². The zero-order valence-electron chi connectivity index (χ0n) is 7.90. The Morgan fingerprint density at radius 2 is 1.71 bits per heavy atom. The van der Waals surface area contributed by atoms with Gasteiger partial charge in [-0.25, -0.2) is 0 Å². The SMILES string of the molecule is C1=Cc2cccc3cccc(c23)C1.[B]. The van der Waals surface area contributed by atoms with Crippen LogP contribution in [0.25, 0.3) is 16.8 Å². The maximum Gasteiger partial charge on any atom is 0 e. The highest BCUT2D eigenvalue weighted by atomic mass is 14.1. The number of hydrogen-bond acceptors (Lipinski definition) is 0. The summed E-state index contributed by atoms with van der Waals surface area (Å²) >= 11 is 0. The predicted octanol–water partition coefficient (Wildman–Crippen LogP) is 3.03. The Balaban J connectivity index is 0.000000750. The molecular formula is C13H10B. The third kappa shape index (κ3) is 1.17. The summed E-state index contributed by atoms with van der Waals surface area (Å²) in [6.45, 7) is 0. The van der Waals surface area contributed by atoms with Gasteiger partial charge in [-0.2, -0.15) is 0 Å². The molecular weight excluding hydrogens is 167 g/mol. The molecule has 0 atom stereocenters. The molecule has 1 aliphatic carbocycles. The van der Waals surface area contributed by atoms with Crippen LogP contribution in [-0.2, 0) is 6.42 Å². The molecule has 3 radical (unpaired) electrons. The highest BCUT2D eigenvalue weighted by molar-refractivity contribution is 5.94. The van der Waals surface area contributed by atoms with Gasteiger partial charge in [0.15, 0.2) is 0 Å². The van der Waals surface area contributed by atoms with E-state index in [4.69, 9.17) is 0 Å². The van der Waals surface area contributed by atoms with Crippen LogP contribution >= 0.6 is 0 Å². The average Bonchev–Trinajstić information content (AvgIpc) is 2.19. The first-order valence-corrected chi connectivity index (χ1v) is 4.62. The highest BCUT2D eigenvalue weighted by Crippen LogP contribution is 2.27. The van der Waals surface area contributed by atoms with Crippen molar-refractivity contribution in [1.82, 2.24) is 0 Å². The fourth-order valence-corrected chi connectivity index (χ4v) is 2.07. The first kappa shape index (κ1) is 9.08. The maximum absolute atomic E-state index is 2.23. The molecule has 3 rings (SSSR count). The Kier molecular flexibility index (Phi) is 2.16. The maximum atomic E-state index is 2.23. The van der Waals surface area contributed by atoms with E-state index in [1.54, 1.807) is 0 Å². The van der Waals surface area contributed by atoms with Gasteiger partial charge in [0, 0.05) is 8.41 Å². The molecule has 1 aliphatic rings. The molecule has 0 spiro atoms. The summed E-state index contributed by atoms with van der Waals surface area (Å²) in [7, 11) is 0. The van der Waals surface area contributed by atoms with Gasteiger partial charge < -0.3 is 0 Å². The molecule has 0 saturated heterocycles. The molecule has 0 saturated carbocycles. The molecule has 0 nitrogen and oxygen atoms in total. The Bertz CT molecular complexity index is 492. The quantitative estimate of drug-likeness (QED) is 0.542. The van der Waals surface area contributed by atoms with Gasteiger partial charge in [-0.3, -0.25) is 0 Å². The van der Waals surface area contributed by atoms with Crippen LogP contribution < -0.4 is 0 Å². The van der Waals surface area contributed by atoms with E-state index in [0.29, 0.717) is 0 Å². The normalized spacial score (nSPS) is 12.6. The highest BCUT2D eigenvalue weighted by Gasteiger charge is 2.06. The molecule has 0 amide bonds. The summed E-state index contributed by atoms with van der Waals surface area (Å²) in [6, 6.07) is 13.0. The van der Waals surface area contributed by atoms with E-state index in [0.717, 1.165) is 6.42 Å². The second kappa shape index (κ2) is 3.34. The molecule has 0 N–H and O–H groups in total. The molecule has 0 aliphatic heterocycles. The summed E-state index contributed by atoms with van der Waals surface area (Å²) in [5.41, 5.74) is 2.81. The van der Waals surface area contributed by atoms with Gasteiger partial charge in [0.25, 0.3) is 0 Å². The van der Waals surface area contributed by atoms with E-state index in [-0.39, 0.29) is 8.41 Å². The van der Waals surface area contributed by atoms with E-state index >= 15 is 0 Å². The van der Waals surface area contributed by atoms with Crippen molar-refractivity contribution in [3.63, 3.8) is 0 Å². The number of benzene rings is 2. The second-order valence-corrected chi connectivity index (χ2v) is 3.47. The monoisotopic (exact) mass is 177 g/mol. The summed E-state index contributed by atoms with van der Waals surface area (Å²) in [5.74, 6) is 0. The number of rotatable bonds is 0. The van der Waals surface area contributed by atoms with Crippen molar-refractivity contribution < 1.29 is 0 Å². The van der Waals surface area contributed by atoms with Gasteiger partial charge in [0.2, 0.25) is 0 Å². The molecule has 0 unspecified atom stereocenters. The molecule has 65 valence electrons. The van der Waals surface area contributed by atoms with Crippen molar-refractivity contribution >= 4 is 25.3 Å². The van der Waals surface area contributed by atoms with Crippen LogP contribution in [0.2, 0.25) is 0 Å². The van der Waals surface area contributed by atoms with Crippen molar-refractivity contribution in [1.29, 1.82) is 0 Å². The molecule has 2 aromatic rings. The molecule has 0 heterocycles. The van der Waals surface area contributed by atoms with Crippen molar-refractivity contribution in [3.05, 3.63) is 53.6 Å². The zero-order valence-corrected chi connectivity index (χ0v) is 7.90. The Morgan fingerprint density at radius 1 is 0.929 bits per heavy atom. The van der Waals surface area contributed by atoms with Gasteiger partial charge in [0.1, 0.15) is 0 Å². The zero-order chi connectivity index (χ0) is 8.67. The van der Waals surface area contributed by atoms with Crippen molar-refractivity contribution in [2.75, 3.05) is 0 Å². The fourth-order valence-electron chi connectivity index (χ4n) is 2.07. The average molecular weight is 177 g/mol. The predicted molar refractivity (Wildman–Crippen MR) is 62.4 cm³/mol. The number of hydrogen-bond donors (Lipinski definition) is 0. The lowest BCUT2D eigenvalue weighted by molar-refractivity contribution is 1.29. The van der Waals surface area contributed by atoms with Crippen LogP contribution in [0.5, 0.6) is 0 Å². The lowest BCUT2D eigenvalue weighted by Crippen LogP contribution is -1.91. The van der Waals surface area contributed by atoms with Crippen molar-refractivity contribution in [2.45, 2.75) is 6.42 Å². The summed E-state index contributed by atoms with van der Waals surface area (Å²) in [5, 5.41) is 2.80. The first-order chi connectivity index (χ1) is 6.45. The topological polar surface area (TPSA) is 0 Å². The lowest BCUT2D eigenvalue weighted by Gasteiger charge is -2.11.